The Bertz CT molecular complexity index is 296. The van der Waals surface area contributed by atoms with Crippen LogP contribution in [0.2, 0.25) is 0 Å². The van der Waals surface area contributed by atoms with Gasteiger partial charge in [-0.2, -0.15) is 0 Å². The Morgan fingerprint density at radius 3 is 2.73 bits per heavy atom. The highest BCUT2D eigenvalue weighted by Crippen LogP contribution is 2.17. The van der Waals surface area contributed by atoms with E-state index >= 15 is 0 Å². The maximum Gasteiger partial charge on any atom is 0.145 e. The summed E-state index contributed by atoms with van der Waals surface area (Å²) in [6.45, 7) is 1.85. The highest BCUT2D eigenvalue weighted by Gasteiger charge is 2.05. The maximum absolute atomic E-state index is 13.1. The molecule has 0 amide bonds. The van der Waals surface area contributed by atoms with Crippen LogP contribution in [0.5, 0.6) is 0 Å². The van der Waals surface area contributed by atoms with E-state index < -0.39 is 0 Å². The van der Waals surface area contributed by atoms with E-state index in [1.807, 2.05) is 35.6 Å². The lowest BCUT2D eigenvalue weighted by molar-refractivity contribution is 0.617. The van der Waals surface area contributed by atoms with Crippen molar-refractivity contribution in [1.82, 2.24) is 0 Å². The van der Waals surface area contributed by atoms with Crippen LogP contribution < -0.4 is 0 Å². The summed E-state index contributed by atoms with van der Waals surface area (Å²) in [5.41, 5.74) is 1.26. The molecule has 0 spiro atoms. The summed E-state index contributed by atoms with van der Waals surface area (Å²) in [6.07, 6.45) is 1.02. The molecule has 1 aromatic rings. The normalized spacial score (nSPS) is 9.73. The monoisotopic (exact) mass is 263 g/mol. The molecule has 0 saturated carbocycles. The molecule has 0 aliphatic rings. The van der Waals surface area contributed by atoms with E-state index in [1.54, 1.807) is 6.07 Å². The Morgan fingerprint density at radius 2 is 2.18 bits per heavy atom. The largest absolute Gasteiger partial charge is 0.308 e. The quantitative estimate of drug-likeness (QED) is 0.595. The molecule has 0 bridgehead atoms. The number of rotatable bonds is 1. The van der Waals surface area contributed by atoms with Crippen LogP contribution >= 0.6 is 22.6 Å². The van der Waals surface area contributed by atoms with E-state index in [-0.39, 0.29) is 5.82 Å². The van der Waals surface area contributed by atoms with Crippen LogP contribution in [0.3, 0.4) is 0 Å². The van der Waals surface area contributed by atoms with Crippen LogP contribution in [0.15, 0.2) is 12.1 Å². The van der Waals surface area contributed by atoms with E-state index in [4.69, 9.17) is 5.41 Å². The first-order chi connectivity index (χ1) is 5.16. The molecule has 1 rings (SSSR count). The molecule has 1 nitrogen and oxygen atoms in total. The van der Waals surface area contributed by atoms with Crippen LogP contribution in [0.25, 0.3) is 0 Å². The van der Waals surface area contributed by atoms with Crippen LogP contribution in [0.4, 0.5) is 4.39 Å². The Balaban J connectivity index is 3.36. The van der Waals surface area contributed by atoms with Gasteiger partial charge in [0.05, 0.1) is 3.57 Å². The molecule has 0 heterocycles. The number of halogens is 2. The van der Waals surface area contributed by atoms with Gasteiger partial charge in [0.25, 0.3) is 0 Å². The Morgan fingerprint density at radius 1 is 1.55 bits per heavy atom. The van der Waals surface area contributed by atoms with E-state index in [9.17, 15) is 4.39 Å². The molecule has 0 aliphatic heterocycles. The van der Waals surface area contributed by atoms with Gasteiger partial charge in [-0.3, -0.25) is 0 Å². The van der Waals surface area contributed by atoms with Crippen molar-refractivity contribution in [2.24, 2.45) is 0 Å². The zero-order valence-corrected chi connectivity index (χ0v) is 8.15. The third-order valence-electron chi connectivity index (χ3n) is 1.46. The second-order valence-electron chi connectivity index (χ2n) is 2.24. The second kappa shape index (κ2) is 3.30. The van der Waals surface area contributed by atoms with Gasteiger partial charge in [0, 0.05) is 11.8 Å². The summed E-state index contributed by atoms with van der Waals surface area (Å²) in [4.78, 5) is 0. The number of hydrogen-bond acceptors (Lipinski definition) is 1. The van der Waals surface area contributed by atoms with Gasteiger partial charge in [0.2, 0.25) is 0 Å². The first-order valence-corrected chi connectivity index (χ1v) is 4.19. The van der Waals surface area contributed by atoms with E-state index in [1.165, 1.54) is 0 Å². The number of hydrogen-bond donors (Lipinski definition) is 1. The average molecular weight is 263 g/mol. The smallest absolute Gasteiger partial charge is 0.145 e. The lowest BCUT2D eigenvalue weighted by Crippen LogP contribution is -1.93. The molecule has 58 valence electrons. The topological polar surface area (TPSA) is 23.9 Å². The van der Waals surface area contributed by atoms with Crippen molar-refractivity contribution in [3.8, 4) is 0 Å². The second-order valence-corrected chi connectivity index (χ2v) is 3.32. The summed E-state index contributed by atoms with van der Waals surface area (Å²) in [5.74, 6) is -0.291. The molecular formula is C8H7FIN. The molecule has 3 heteroatoms. The minimum atomic E-state index is -0.291. The van der Waals surface area contributed by atoms with Crippen LogP contribution in [-0.2, 0) is 0 Å². The molecule has 0 atom stereocenters. The summed E-state index contributed by atoms with van der Waals surface area (Å²) in [6, 6.07) is 3.42. The van der Waals surface area contributed by atoms with Crippen LogP contribution in [0.1, 0.15) is 11.1 Å². The van der Waals surface area contributed by atoms with Crippen molar-refractivity contribution >= 4 is 28.8 Å². The summed E-state index contributed by atoms with van der Waals surface area (Å²) < 4.78 is 13.7. The first kappa shape index (κ1) is 8.64. The van der Waals surface area contributed by atoms with Gasteiger partial charge in [-0.1, -0.05) is 12.1 Å². The lowest BCUT2D eigenvalue weighted by Gasteiger charge is -2.01. The number of aryl methyl sites for hydroxylation is 1. The Hall–Kier alpha value is -0.450. The van der Waals surface area contributed by atoms with Gasteiger partial charge in [-0.15, -0.1) is 0 Å². The number of nitrogens with one attached hydrogen (secondary N) is 1. The van der Waals surface area contributed by atoms with Crippen molar-refractivity contribution in [2.75, 3.05) is 0 Å². The first-order valence-electron chi connectivity index (χ1n) is 3.12. The van der Waals surface area contributed by atoms with Crippen molar-refractivity contribution in [3.05, 3.63) is 32.6 Å². The molecular weight excluding hydrogens is 256 g/mol. The Labute approximate surface area is 78.3 Å². The molecule has 0 fully saturated rings. The third kappa shape index (κ3) is 1.58. The van der Waals surface area contributed by atoms with Crippen LogP contribution in [0, 0.1) is 21.7 Å². The van der Waals surface area contributed by atoms with Crippen molar-refractivity contribution < 1.29 is 4.39 Å². The molecule has 0 saturated heterocycles. The molecule has 0 unspecified atom stereocenters. The summed E-state index contributed by atoms with van der Waals surface area (Å²) in [7, 11) is 0. The van der Waals surface area contributed by atoms with Gasteiger partial charge >= 0.3 is 0 Å². The molecule has 1 aromatic carbocycles. The predicted molar refractivity (Wildman–Crippen MR) is 51.7 cm³/mol. The van der Waals surface area contributed by atoms with Crippen molar-refractivity contribution in [1.29, 1.82) is 5.41 Å². The molecule has 0 radical (unpaired) electrons. The SMILES string of the molecule is Cc1ccc(C=N)c(F)c1I. The number of benzene rings is 1. The standard InChI is InChI=1S/C8H7FIN/c1-5-2-3-6(4-11)7(9)8(5)10/h2-4,11H,1H3. The van der Waals surface area contributed by atoms with E-state index in [2.05, 4.69) is 0 Å². The summed E-state index contributed by atoms with van der Waals surface area (Å²) >= 11 is 1.94. The molecule has 0 aliphatic carbocycles. The zero-order chi connectivity index (χ0) is 8.43. The van der Waals surface area contributed by atoms with Gasteiger partial charge in [-0.25, -0.2) is 4.39 Å². The highest BCUT2D eigenvalue weighted by atomic mass is 127. The fourth-order valence-electron chi connectivity index (χ4n) is 0.772. The van der Waals surface area contributed by atoms with Crippen molar-refractivity contribution in [2.45, 2.75) is 6.92 Å². The van der Waals surface area contributed by atoms with E-state index in [0.29, 0.717) is 9.13 Å². The minimum Gasteiger partial charge on any atom is -0.308 e. The van der Waals surface area contributed by atoms with Gasteiger partial charge in [0.15, 0.2) is 0 Å². The minimum absolute atomic E-state index is 0.291. The highest BCUT2D eigenvalue weighted by molar-refractivity contribution is 14.1. The zero-order valence-electron chi connectivity index (χ0n) is 5.99. The summed E-state index contributed by atoms with van der Waals surface area (Å²) in [5, 5.41) is 6.88. The van der Waals surface area contributed by atoms with Gasteiger partial charge < -0.3 is 5.41 Å². The third-order valence-corrected chi connectivity index (χ3v) is 2.79. The average Bonchev–Trinajstić information content (AvgIpc) is 2.01. The predicted octanol–water partition coefficient (Wildman–Crippen LogP) is 2.74. The van der Waals surface area contributed by atoms with Gasteiger partial charge in [0.1, 0.15) is 5.82 Å². The van der Waals surface area contributed by atoms with Crippen molar-refractivity contribution in [3.63, 3.8) is 0 Å². The molecule has 0 aromatic heterocycles. The van der Waals surface area contributed by atoms with Crippen LogP contribution in [-0.4, -0.2) is 6.21 Å². The maximum atomic E-state index is 13.1. The molecule has 11 heavy (non-hydrogen) atoms. The Kier molecular flexibility index (Phi) is 2.59. The van der Waals surface area contributed by atoms with Gasteiger partial charge in [-0.05, 0) is 35.1 Å². The molecule has 1 N–H and O–H groups in total. The van der Waals surface area contributed by atoms with E-state index in [0.717, 1.165) is 11.8 Å². The fraction of sp³-hybridized carbons (Fsp3) is 0.125. The fourth-order valence-corrected chi connectivity index (χ4v) is 1.26. The lowest BCUT2D eigenvalue weighted by atomic mass is 10.1.